The van der Waals surface area contributed by atoms with Gasteiger partial charge in [0.15, 0.2) is 0 Å². The second-order valence-electron chi connectivity index (χ2n) is 2.63. The Bertz CT molecular complexity index is 375. The summed E-state index contributed by atoms with van der Waals surface area (Å²) in [5.74, 6) is 0.602. The fourth-order valence-corrected chi connectivity index (χ4v) is 1.08. The summed E-state index contributed by atoms with van der Waals surface area (Å²) >= 11 is 0. The highest BCUT2D eigenvalue weighted by molar-refractivity contribution is 5.11. The molecule has 0 amide bonds. The van der Waals surface area contributed by atoms with E-state index in [2.05, 4.69) is 25.5 Å². The molecule has 2 aromatic heterocycles. The summed E-state index contributed by atoms with van der Waals surface area (Å²) in [6.07, 6.45) is 3.02. The first kappa shape index (κ1) is 7.87. The fraction of sp³-hybridized carbons (Fsp3) is 0.333. The van der Waals surface area contributed by atoms with Gasteiger partial charge in [-0.25, -0.2) is 4.98 Å². The number of nitrogens with zero attached hydrogens (tertiary/aromatic N) is 5. The summed E-state index contributed by atoms with van der Waals surface area (Å²) in [5, 5.41) is 13.9. The number of rotatable bonds is 2. The third kappa shape index (κ3) is 1.29. The first-order valence-electron chi connectivity index (χ1n) is 3.74. The molecule has 7 heteroatoms. The minimum atomic E-state index is -0.359. The average molecular weight is 179 g/mol. The predicted octanol–water partition coefficient (Wildman–Crippen LogP) is -1.02. The standard InChI is InChI=1S/C6H9N7/c1-13-4(2-9-12-13)5(7)6-8-3-10-11-6/h2-3,5H,7H2,1H3,(H,8,10,11). The van der Waals surface area contributed by atoms with Crippen LogP contribution >= 0.6 is 0 Å². The summed E-state index contributed by atoms with van der Waals surface area (Å²) in [6.45, 7) is 0. The Morgan fingerprint density at radius 1 is 1.62 bits per heavy atom. The molecule has 1 unspecified atom stereocenters. The lowest BCUT2D eigenvalue weighted by molar-refractivity contribution is 0.636. The van der Waals surface area contributed by atoms with Gasteiger partial charge >= 0.3 is 0 Å². The smallest absolute Gasteiger partial charge is 0.147 e. The normalized spacial score (nSPS) is 13.1. The maximum Gasteiger partial charge on any atom is 0.147 e. The number of H-pyrrole nitrogens is 1. The maximum atomic E-state index is 5.87. The number of hydrogen-bond acceptors (Lipinski definition) is 5. The lowest BCUT2D eigenvalue weighted by atomic mass is 10.2. The molecule has 0 aliphatic rings. The fourth-order valence-electron chi connectivity index (χ4n) is 1.08. The minimum Gasteiger partial charge on any atom is -0.316 e. The first-order chi connectivity index (χ1) is 6.29. The molecule has 3 N–H and O–H groups in total. The lowest BCUT2D eigenvalue weighted by Gasteiger charge is -2.06. The van der Waals surface area contributed by atoms with Crippen LogP contribution in [-0.4, -0.2) is 30.2 Å². The van der Waals surface area contributed by atoms with Crippen LogP contribution in [0.1, 0.15) is 17.6 Å². The van der Waals surface area contributed by atoms with Crippen molar-refractivity contribution >= 4 is 0 Å². The van der Waals surface area contributed by atoms with Crippen molar-refractivity contribution in [2.24, 2.45) is 12.8 Å². The SMILES string of the molecule is Cn1nncc1C(N)c1ncn[nH]1. The Labute approximate surface area is 74.0 Å². The van der Waals surface area contributed by atoms with E-state index in [1.807, 2.05) is 0 Å². The molecule has 0 fully saturated rings. The zero-order chi connectivity index (χ0) is 9.26. The van der Waals surface area contributed by atoms with Gasteiger partial charge in [0.2, 0.25) is 0 Å². The first-order valence-corrected chi connectivity index (χ1v) is 3.74. The molecule has 0 saturated heterocycles. The highest BCUT2D eigenvalue weighted by Gasteiger charge is 2.15. The van der Waals surface area contributed by atoms with E-state index in [1.54, 1.807) is 17.9 Å². The molecular formula is C6H9N7. The molecule has 13 heavy (non-hydrogen) atoms. The highest BCUT2D eigenvalue weighted by atomic mass is 15.4. The van der Waals surface area contributed by atoms with Gasteiger partial charge in [-0.1, -0.05) is 5.21 Å². The Balaban J connectivity index is 2.33. The third-order valence-corrected chi connectivity index (χ3v) is 1.80. The topological polar surface area (TPSA) is 98.3 Å². The van der Waals surface area contributed by atoms with Crippen molar-refractivity contribution in [3.8, 4) is 0 Å². The van der Waals surface area contributed by atoms with Crippen molar-refractivity contribution in [3.05, 3.63) is 24.0 Å². The van der Waals surface area contributed by atoms with E-state index >= 15 is 0 Å². The molecule has 0 spiro atoms. The molecule has 0 radical (unpaired) electrons. The Kier molecular flexibility index (Phi) is 1.78. The molecule has 2 rings (SSSR count). The molecular weight excluding hydrogens is 170 g/mol. The van der Waals surface area contributed by atoms with Gasteiger partial charge in [0.1, 0.15) is 18.2 Å². The van der Waals surface area contributed by atoms with Crippen molar-refractivity contribution < 1.29 is 0 Å². The summed E-state index contributed by atoms with van der Waals surface area (Å²) < 4.78 is 1.60. The van der Waals surface area contributed by atoms with Crippen molar-refractivity contribution in [1.82, 2.24) is 30.2 Å². The number of nitrogens with one attached hydrogen (secondary N) is 1. The van der Waals surface area contributed by atoms with Crippen LogP contribution in [0.3, 0.4) is 0 Å². The third-order valence-electron chi connectivity index (χ3n) is 1.80. The van der Waals surface area contributed by atoms with Crippen molar-refractivity contribution in [2.75, 3.05) is 0 Å². The van der Waals surface area contributed by atoms with Gasteiger partial charge in [-0.2, -0.15) is 5.10 Å². The number of hydrogen-bond donors (Lipinski definition) is 2. The van der Waals surface area contributed by atoms with Crippen LogP contribution in [-0.2, 0) is 7.05 Å². The molecule has 0 aliphatic carbocycles. The zero-order valence-electron chi connectivity index (χ0n) is 7.05. The van der Waals surface area contributed by atoms with E-state index in [0.717, 1.165) is 5.69 Å². The average Bonchev–Trinajstić information content (AvgIpc) is 2.72. The molecule has 1 atom stereocenters. The largest absolute Gasteiger partial charge is 0.316 e. The summed E-state index contributed by atoms with van der Waals surface area (Å²) in [5.41, 5.74) is 6.66. The molecule has 2 heterocycles. The number of nitrogens with two attached hydrogens (primary N) is 1. The number of aromatic amines is 1. The van der Waals surface area contributed by atoms with E-state index in [1.165, 1.54) is 6.33 Å². The van der Waals surface area contributed by atoms with Gasteiger partial charge in [-0.3, -0.25) is 9.78 Å². The van der Waals surface area contributed by atoms with Crippen LogP contribution in [0.5, 0.6) is 0 Å². The number of aryl methyl sites for hydroxylation is 1. The molecule has 0 saturated carbocycles. The Hall–Kier alpha value is -1.76. The van der Waals surface area contributed by atoms with Crippen LogP contribution in [0.2, 0.25) is 0 Å². The van der Waals surface area contributed by atoms with Crippen molar-refractivity contribution in [3.63, 3.8) is 0 Å². The maximum absolute atomic E-state index is 5.87. The molecule has 0 aliphatic heterocycles. The number of aromatic nitrogens is 6. The van der Waals surface area contributed by atoms with Crippen LogP contribution in [0.15, 0.2) is 12.5 Å². The second kappa shape index (κ2) is 2.94. The summed E-state index contributed by atoms with van der Waals surface area (Å²) in [6, 6.07) is -0.359. The van der Waals surface area contributed by atoms with Crippen LogP contribution in [0.25, 0.3) is 0 Å². The van der Waals surface area contributed by atoms with Gasteiger partial charge in [0, 0.05) is 7.05 Å². The van der Waals surface area contributed by atoms with Gasteiger partial charge in [0.25, 0.3) is 0 Å². The van der Waals surface area contributed by atoms with Gasteiger partial charge in [0.05, 0.1) is 11.9 Å². The van der Waals surface area contributed by atoms with Crippen LogP contribution < -0.4 is 5.73 Å². The molecule has 2 aromatic rings. The van der Waals surface area contributed by atoms with Crippen LogP contribution in [0.4, 0.5) is 0 Å². The highest BCUT2D eigenvalue weighted by Crippen LogP contribution is 2.12. The van der Waals surface area contributed by atoms with Gasteiger partial charge in [-0.15, -0.1) is 5.10 Å². The van der Waals surface area contributed by atoms with E-state index < -0.39 is 0 Å². The van der Waals surface area contributed by atoms with Gasteiger partial charge in [-0.05, 0) is 0 Å². The Morgan fingerprint density at radius 2 is 2.46 bits per heavy atom. The molecule has 0 aromatic carbocycles. The minimum absolute atomic E-state index is 0.359. The predicted molar refractivity (Wildman–Crippen MR) is 43.4 cm³/mol. The second-order valence-corrected chi connectivity index (χ2v) is 2.63. The lowest BCUT2D eigenvalue weighted by Crippen LogP contribution is -2.17. The van der Waals surface area contributed by atoms with Crippen molar-refractivity contribution in [2.45, 2.75) is 6.04 Å². The quantitative estimate of drug-likeness (QED) is 0.615. The van der Waals surface area contributed by atoms with Crippen molar-refractivity contribution in [1.29, 1.82) is 0 Å². The van der Waals surface area contributed by atoms with Crippen LogP contribution in [0, 0.1) is 0 Å². The van der Waals surface area contributed by atoms with E-state index in [-0.39, 0.29) is 6.04 Å². The van der Waals surface area contributed by atoms with E-state index in [9.17, 15) is 0 Å². The summed E-state index contributed by atoms with van der Waals surface area (Å²) in [7, 11) is 1.78. The monoisotopic (exact) mass is 179 g/mol. The van der Waals surface area contributed by atoms with E-state index in [4.69, 9.17) is 5.73 Å². The zero-order valence-corrected chi connectivity index (χ0v) is 7.05. The Morgan fingerprint density at radius 3 is 3.00 bits per heavy atom. The summed E-state index contributed by atoms with van der Waals surface area (Å²) in [4.78, 5) is 3.95. The molecule has 7 nitrogen and oxygen atoms in total. The molecule has 68 valence electrons. The molecule has 0 bridgehead atoms. The van der Waals surface area contributed by atoms with Gasteiger partial charge < -0.3 is 5.73 Å². The van der Waals surface area contributed by atoms with E-state index in [0.29, 0.717) is 5.82 Å².